The zero-order valence-corrected chi connectivity index (χ0v) is 13.1. The predicted octanol–water partition coefficient (Wildman–Crippen LogP) is 4.00. The van der Waals surface area contributed by atoms with Crippen LogP contribution in [0.15, 0.2) is 24.3 Å². The van der Waals surface area contributed by atoms with Crippen LogP contribution in [0.4, 0.5) is 0 Å². The van der Waals surface area contributed by atoms with E-state index < -0.39 is 0 Å². The lowest BCUT2D eigenvalue weighted by atomic mass is 10.0. The molecular weight excluding hydrogens is 298 g/mol. The van der Waals surface area contributed by atoms with Crippen LogP contribution in [0.3, 0.4) is 0 Å². The highest BCUT2D eigenvalue weighted by Gasteiger charge is 2.29. The zero-order chi connectivity index (χ0) is 15.4. The first kappa shape index (κ1) is 13.4. The summed E-state index contributed by atoms with van der Waals surface area (Å²) in [6.07, 6.45) is 0.606. The Morgan fingerprint density at radius 2 is 1.95 bits per heavy atom. The highest BCUT2D eigenvalue weighted by Crippen LogP contribution is 2.43. The van der Waals surface area contributed by atoms with E-state index in [-0.39, 0.29) is 17.6 Å². The molecule has 0 amide bonds. The van der Waals surface area contributed by atoms with Crippen LogP contribution in [0.2, 0.25) is 0 Å². The maximum Gasteiger partial charge on any atom is 0.154 e. The van der Waals surface area contributed by atoms with E-state index in [9.17, 15) is 10.2 Å². The number of phenolic OH excluding ortho intramolecular Hbond substituents is 2. The topological polar surface area (TPSA) is 62.6 Å². The van der Waals surface area contributed by atoms with Gasteiger partial charge in [0.05, 0.1) is 0 Å². The van der Waals surface area contributed by atoms with Gasteiger partial charge in [0.15, 0.2) is 6.10 Å². The number of hydrogen-bond acceptors (Lipinski definition) is 5. The maximum atomic E-state index is 9.92. The van der Waals surface area contributed by atoms with Gasteiger partial charge >= 0.3 is 0 Å². The van der Waals surface area contributed by atoms with Crippen LogP contribution in [0.25, 0.3) is 10.2 Å². The minimum Gasteiger partial charge on any atom is -0.506 e. The third-order valence-corrected chi connectivity index (χ3v) is 5.20. The first-order valence-electron chi connectivity index (χ1n) is 7.11. The summed E-state index contributed by atoms with van der Waals surface area (Å²) in [5, 5.41) is 20.6. The molecular formula is C17H15NO3S. The van der Waals surface area contributed by atoms with Gasteiger partial charge in [-0.15, -0.1) is 11.3 Å². The average Bonchev–Trinajstić information content (AvgIpc) is 3.07. The lowest BCUT2D eigenvalue weighted by molar-refractivity contribution is 0.238. The molecule has 1 aliphatic heterocycles. The summed E-state index contributed by atoms with van der Waals surface area (Å²) in [6.45, 7) is 4.14. The van der Waals surface area contributed by atoms with Gasteiger partial charge in [0.2, 0.25) is 0 Å². The number of fused-ring (bicyclic) bond motifs is 2. The Bertz CT molecular complexity index is 862. The Balaban J connectivity index is 1.77. The molecule has 3 aromatic rings. The second-order valence-corrected chi connectivity index (χ2v) is 6.73. The van der Waals surface area contributed by atoms with Gasteiger partial charge in [-0.1, -0.05) is 6.07 Å². The first-order chi connectivity index (χ1) is 10.5. The van der Waals surface area contributed by atoms with Crippen LogP contribution in [-0.2, 0) is 6.42 Å². The van der Waals surface area contributed by atoms with Crippen molar-refractivity contribution in [2.45, 2.75) is 26.4 Å². The number of phenols is 2. The largest absolute Gasteiger partial charge is 0.506 e. The van der Waals surface area contributed by atoms with E-state index in [1.165, 1.54) is 40.2 Å². The van der Waals surface area contributed by atoms with Crippen molar-refractivity contribution in [2.75, 3.05) is 0 Å². The van der Waals surface area contributed by atoms with E-state index in [1.807, 2.05) is 6.07 Å². The number of thiazole rings is 1. The molecule has 0 bridgehead atoms. The summed E-state index contributed by atoms with van der Waals surface area (Å²) in [4.78, 5) is 4.47. The Labute approximate surface area is 131 Å². The number of aromatic nitrogens is 1. The monoisotopic (exact) mass is 313 g/mol. The molecule has 22 heavy (non-hydrogen) atoms. The van der Waals surface area contributed by atoms with Gasteiger partial charge in [-0.25, -0.2) is 4.98 Å². The van der Waals surface area contributed by atoms with Gasteiger partial charge in [-0.3, -0.25) is 0 Å². The third kappa shape index (κ3) is 1.93. The number of ether oxygens (including phenoxy) is 1. The van der Waals surface area contributed by atoms with Crippen LogP contribution in [-0.4, -0.2) is 15.2 Å². The lowest BCUT2D eigenvalue weighted by Crippen LogP contribution is -2.02. The summed E-state index contributed by atoms with van der Waals surface area (Å²) in [6, 6.07) is 7.14. The minimum absolute atomic E-state index is 0.0813. The Kier molecular flexibility index (Phi) is 2.81. The van der Waals surface area contributed by atoms with Crippen LogP contribution in [0.1, 0.15) is 27.8 Å². The number of rotatable bonds is 1. The van der Waals surface area contributed by atoms with Crippen LogP contribution < -0.4 is 4.74 Å². The van der Waals surface area contributed by atoms with Crippen LogP contribution >= 0.6 is 11.3 Å². The molecule has 4 rings (SSSR count). The van der Waals surface area contributed by atoms with Gasteiger partial charge < -0.3 is 14.9 Å². The van der Waals surface area contributed by atoms with Crippen molar-refractivity contribution in [1.29, 1.82) is 0 Å². The number of aromatic hydroxyl groups is 2. The summed E-state index contributed by atoms with van der Waals surface area (Å²) in [7, 11) is 0. The molecule has 0 fully saturated rings. The maximum absolute atomic E-state index is 9.92. The van der Waals surface area contributed by atoms with Crippen molar-refractivity contribution in [1.82, 2.24) is 4.98 Å². The molecule has 0 saturated carbocycles. The van der Waals surface area contributed by atoms with Crippen molar-refractivity contribution < 1.29 is 14.9 Å². The van der Waals surface area contributed by atoms with Gasteiger partial charge in [0.1, 0.15) is 32.5 Å². The molecule has 1 atom stereocenters. The molecule has 112 valence electrons. The van der Waals surface area contributed by atoms with Gasteiger partial charge in [-0.05, 0) is 43.2 Å². The second-order valence-electron chi connectivity index (χ2n) is 5.70. The van der Waals surface area contributed by atoms with Crippen LogP contribution in [0, 0.1) is 13.8 Å². The van der Waals surface area contributed by atoms with Crippen molar-refractivity contribution in [3.8, 4) is 17.2 Å². The summed E-state index contributed by atoms with van der Waals surface area (Å²) >= 11 is 1.37. The molecule has 4 nitrogen and oxygen atoms in total. The van der Waals surface area contributed by atoms with E-state index in [4.69, 9.17) is 4.74 Å². The molecule has 1 aromatic heterocycles. The highest BCUT2D eigenvalue weighted by molar-refractivity contribution is 7.19. The van der Waals surface area contributed by atoms with E-state index in [0.717, 1.165) is 17.2 Å². The molecule has 0 saturated heterocycles. The van der Waals surface area contributed by atoms with E-state index in [0.29, 0.717) is 10.2 Å². The van der Waals surface area contributed by atoms with Crippen LogP contribution in [0.5, 0.6) is 17.2 Å². The first-order valence-corrected chi connectivity index (χ1v) is 7.92. The Hall–Kier alpha value is -2.27. The summed E-state index contributed by atoms with van der Waals surface area (Å²) in [5.41, 5.74) is 4.05. The zero-order valence-electron chi connectivity index (χ0n) is 12.3. The molecule has 1 aliphatic rings. The van der Waals surface area contributed by atoms with Gasteiger partial charge in [-0.2, -0.15) is 0 Å². The molecule has 0 spiro atoms. The summed E-state index contributed by atoms with van der Waals surface area (Å²) < 4.78 is 6.65. The fraction of sp³-hybridized carbons (Fsp3) is 0.235. The third-order valence-electron chi connectivity index (χ3n) is 4.03. The number of benzene rings is 2. The molecule has 5 heteroatoms. The van der Waals surface area contributed by atoms with E-state index in [1.54, 1.807) is 0 Å². The number of aryl methyl sites for hydroxylation is 2. The minimum atomic E-state index is -0.160. The second kappa shape index (κ2) is 4.61. The highest BCUT2D eigenvalue weighted by atomic mass is 32.1. The summed E-state index contributed by atoms with van der Waals surface area (Å²) in [5.74, 6) is 1.13. The normalized spacial score (nSPS) is 16.7. The molecule has 2 N–H and O–H groups in total. The molecule has 0 radical (unpaired) electrons. The van der Waals surface area contributed by atoms with Crippen molar-refractivity contribution >= 4 is 21.6 Å². The fourth-order valence-corrected chi connectivity index (χ4v) is 4.01. The Morgan fingerprint density at radius 1 is 1.18 bits per heavy atom. The number of nitrogens with zero attached hydrogens (tertiary/aromatic N) is 1. The SMILES string of the molecule is Cc1cc(C)c2c(c1)OC(c1nc3c(O)ccc(O)c3s1)C2. The Morgan fingerprint density at radius 3 is 2.73 bits per heavy atom. The van der Waals surface area contributed by atoms with Crippen molar-refractivity contribution in [3.63, 3.8) is 0 Å². The average molecular weight is 313 g/mol. The van der Waals surface area contributed by atoms with Gasteiger partial charge in [0, 0.05) is 12.0 Å². The standard InChI is InChI=1S/C17H15NO3S/c1-8-5-9(2)10-7-14(21-13(10)6-8)17-18-15-11(19)3-4-12(20)16(15)22-17/h3-6,14,19-20H,7H2,1-2H3. The molecule has 1 unspecified atom stereocenters. The predicted molar refractivity (Wildman–Crippen MR) is 85.9 cm³/mol. The van der Waals surface area contributed by atoms with Crippen molar-refractivity contribution in [3.05, 3.63) is 46.0 Å². The van der Waals surface area contributed by atoms with Gasteiger partial charge in [0.25, 0.3) is 0 Å². The molecule has 2 heterocycles. The molecule has 2 aromatic carbocycles. The van der Waals surface area contributed by atoms with E-state index in [2.05, 4.69) is 24.9 Å². The fourth-order valence-electron chi connectivity index (χ4n) is 2.98. The van der Waals surface area contributed by atoms with E-state index >= 15 is 0 Å². The smallest absolute Gasteiger partial charge is 0.154 e. The number of hydrogen-bond donors (Lipinski definition) is 2. The molecule has 0 aliphatic carbocycles. The lowest BCUT2D eigenvalue weighted by Gasteiger charge is -2.06. The van der Waals surface area contributed by atoms with Crippen molar-refractivity contribution in [2.24, 2.45) is 0 Å². The quantitative estimate of drug-likeness (QED) is 0.667.